The van der Waals surface area contributed by atoms with Crippen molar-refractivity contribution in [3.05, 3.63) is 30.0 Å². The summed E-state index contributed by atoms with van der Waals surface area (Å²) in [4.78, 5) is 3.08. The van der Waals surface area contributed by atoms with Gasteiger partial charge < -0.3 is 10.1 Å². The van der Waals surface area contributed by atoms with E-state index in [0.717, 1.165) is 16.7 Å². The number of H-pyrrole nitrogens is 1. The number of aromatic nitrogens is 1. The molecule has 2 aromatic rings. The minimum absolute atomic E-state index is 0.324. The van der Waals surface area contributed by atoms with Gasteiger partial charge in [0.2, 0.25) is 0 Å². The SMILES string of the molecule is CSCc1c[nH]c2c(O)cccc12. The number of benzene rings is 1. The van der Waals surface area contributed by atoms with E-state index in [9.17, 15) is 5.11 Å². The van der Waals surface area contributed by atoms with Gasteiger partial charge in [-0.3, -0.25) is 0 Å². The van der Waals surface area contributed by atoms with Gasteiger partial charge in [0.15, 0.2) is 0 Å². The number of hydrogen-bond acceptors (Lipinski definition) is 2. The maximum atomic E-state index is 9.51. The quantitative estimate of drug-likeness (QED) is 0.769. The minimum Gasteiger partial charge on any atom is -0.506 e. The Morgan fingerprint density at radius 2 is 2.31 bits per heavy atom. The van der Waals surface area contributed by atoms with Crippen molar-refractivity contribution in [1.29, 1.82) is 0 Å². The molecule has 0 aliphatic heterocycles. The number of aromatic hydroxyl groups is 1. The molecular weight excluding hydrogens is 182 g/mol. The molecule has 1 aromatic carbocycles. The zero-order valence-electron chi connectivity index (χ0n) is 7.37. The zero-order valence-corrected chi connectivity index (χ0v) is 8.19. The van der Waals surface area contributed by atoms with E-state index >= 15 is 0 Å². The van der Waals surface area contributed by atoms with Gasteiger partial charge in [0, 0.05) is 17.3 Å². The third-order valence-electron chi connectivity index (χ3n) is 2.08. The van der Waals surface area contributed by atoms with Gasteiger partial charge in [0.25, 0.3) is 0 Å². The molecular formula is C10H11NOS. The summed E-state index contributed by atoms with van der Waals surface area (Å²) < 4.78 is 0. The molecule has 0 unspecified atom stereocenters. The van der Waals surface area contributed by atoms with E-state index in [1.54, 1.807) is 17.8 Å². The highest BCUT2D eigenvalue weighted by Crippen LogP contribution is 2.27. The number of para-hydroxylation sites is 1. The van der Waals surface area contributed by atoms with Crippen molar-refractivity contribution < 1.29 is 5.11 Å². The Hall–Kier alpha value is -1.09. The predicted molar refractivity (Wildman–Crippen MR) is 57.2 cm³/mol. The van der Waals surface area contributed by atoms with Crippen LogP contribution in [0.25, 0.3) is 10.9 Å². The van der Waals surface area contributed by atoms with Crippen LogP contribution in [0.15, 0.2) is 24.4 Å². The lowest BCUT2D eigenvalue weighted by molar-refractivity contribution is 0.480. The summed E-state index contributed by atoms with van der Waals surface area (Å²) in [5, 5.41) is 10.6. The molecule has 0 atom stereocenters. The number of aromatic amines is 1. The molecule has 2 rings (SSSR count). The van der Waals surface area contributed by atoms with E-state index in [-0.39, 0.29) is 0 Å². The molecule has 68 valence electrons. The Labute approximate surface area is 81.0 Å². The fourth-order valence-corrected chi connectivity index (χ4v) is 2.02. The average molecular weight is 193 g/mol. The minimum atomic E-state index is 0.324. The van der Waals surface area contributed by atoms with E-state index in [4.69, 9.17) is 0 Å². The maximum Gasteiger partial charge on any atom is 0.139 e. The molecule has 13 heavy (non-hydrogen) atoms. The van der Waals surface area contributed by atoms with Gasteiger partial charge in [-0.25, -0.2) is 0 Å². The number of rotatable bonds is 2. The summed E-state index contributed by atoms with van der Waals surface area (Å²) in [5.41, 5.74) is 2.09. The van der Waals surface area contributed by atoms with E-state index in [1.165, 1.54) is 5.56 Å². The fraction of sp³-hybridized carbons (Fsp3) is 0.200. The van der Waals surface area contributed by atoms with Crippen LogP contribution in [-0.4, -0.2) is 16.3 Å². The molecule has 0 saturated carbocycles. The lowest BCUT2D eigenvalue weighted by Crippen LogP contribution is -1.75. The van der Waals surface area contributed by atoms with Gasteiger partial charge in [-0.15, -0.1) is 0 Å². The van der Waals surface area contributed by atoms with Crippen LogP contribution in [0.5, 0.6) is 5.75 Å². The molecule has 1 aromatic heterocycles. The maximum absolute atomic E-state index is 9.51. The van der Waals surface area contributed by atoms with Gasteiger partial charge in [0.1, 0.15) is 5.75 Å². The van der Waals surface area contributed by atoms with Gasteiger partial charge in [-0.2, -0.15) is 11.8 Å². The Morgan fingerprint density at radius 1 is 1.46 bits per heavy atom. The second-order valence-corrected chi connectivity index (χ2v) is 3.81. The molecule has 0 aliphatic carbocycles. The molecule has 1 heterocycles. The van der Waals surface area contributed by atoms with Crippen LogP contribution in [0.2, 0.25) is 0 Å². The highest BCUT2D eigenvalue weighted by molar-refractivity contribution is 7.97. The molecule has 0 bridgehead atoms. The monoisotopic (exact) mass is 193 g/mol. The van der Waals surface area contributed by atoms with Crippen LogP contribution >= 0.6 is 11.8 Å². The first kappa shape index (κ1) is 8.51. The molecule has 0 radical (unpaired) electrons. The average Bonchev–Trinajstić information content (AvgIpc) is 2.51. The van der Waals surface area contributed by atoms with E-state index in [2.05, 4.69) is 11.2 Å². The molecule has 0 aliphatic rings. The first-order valence-corrected chi connectivity index (χ1v) is 5.49. The Balaban J connectivity index is 2.61. The summed E-state index contributed by atoms with van der Waals surface area (Å²) in [5.74, 6) is 1.30. The topological polar surface area (TPSA) is 36.0 Å². The highest BCUT2D eigenvalue weighted by Gasteiger charge is 2.04. The van der Waals surface area contributed by atoms with Gasteiger partial charge in [-0.1, -0.05) is 12.1 Å². The van der Waals surface area contributed by atoms with Gasteiger partial charge in [-0.05, 0) is 17.9 Å². The summed E-state index contributed by atoms with van der Waals surface area (Å²) in [7, 11) is 0. The lowest BCUT2D eigenvalue weighted by atomic mass is 10.2. The zero-order chi connectivity index (χ0) is 9.26. The number of phenols is 1. The first-order valence-electron chi connectivity index (χ1n) is 4.10. The third-order valence-corrected chi connectivity index (χ3v) is 2.68. The number of phenolic OH excluding ortho intramolecular Hbond substituents is 1. The number of thioether (sulfide) groups is 1. The normalized spacial score (nSPS) is 10.8. The van der Waals surface area contributed by atoms with Crippen LogP contribution in [-0.2, 0) is 5.75 Å². The standard InChI is InChI=1S/C10H11NOS/c1-13-6-7-5-11-10-8(7)3-2-4-9(10)12/h2-5,11-12H,6H2,1H3. The van der Waals surface area contributed by atoms with Crippen molar-refractivity contribution in [2.24, 2.45) is 0 Å². The van der Waals surface area contributed by atoms with E-state index in [1.807, 2.05) is 18.3 Å². The Kier molecular flexibility index (Phi) is 2.19. The second-order valence-electron chi connectivity index (χ2n) is 2.95. The molecule has 3 heteroatoms. The second kappa shape index (κ2) is 3.34. The summed E-state index contributed by atoms with van der Waals surface area (Å²) in [6.07, 6.45) is 4.03. The van der Waals surface area contributed by atoms with Crippen LogP contribution < -0.4 is 0 Å². The van der Waals surface area contributed by atoms with E-state index in [0.29, 0.717) is 5.75 Å². The summed E-state index contributed by atoms with van der Waals surface area (Å²) >= 11 is 1.78. The Bertz CT molecular complexity index is 422. The van der Waals surface area contributed by atoms with Crippen LogP contribution in [0, 0.1) is 0 Å². The van der Waals surface area contributed by atoms with Crippen LogP contribution in [0.3, 0.4) is 0 Å². The van der Waals surface area contributed by atoms with Crippen molar-refractivity contribution in [2.75, 3.05) is 6.26 Å². The fourth-order valence-electron chi connectivity index (χ4n) is 1.47. The van der Waals surface area contributed by atoms with Crippen molar-refractivity contribution in [3.8, 4) is 5.75 Å². The first-order chi connectivity index (χ1) is 6.33. The van der Waals surface area contributed by atoms with E-state index < -0.39 is 0 Å². The lowest BCUT2D eigenvalue weighted by Gasteiger charge is -1.96. The molecule has 2 N–H and O–H groups in total. The number of nitrogens with one attached hydrogen (secondary N) is 1. The third kappa shape index (κ3) is 1.40. The molecule has 0 saturated heterocycles. The summed E-state index contributed by atoms with van der Waals surface area (Å²) in [6, 6.07) is 5.59. The smallest absolute Gasteiger partial charge is 0.139 e. The molecule has 0 amide bonds. The van der Waals surface area contributed by atoms with Crippen LogP contribution in [0.4, 0.5) is 0 Å². The van der Waals surface area contributed by atoms with Crippen molar-refractivity contribution >= 4 is 22.7 Å². The van der Waals surface area contributed by atoms with Gasteiger partial charge in [0.05, 0.1) is 5.52 Å². The molecule has 0 spiro atoms. The largest absolute Gasteiger partial charge is 0.506 e. The van der Waals surface area contributed by atoms with Crippen molar-refractivity contribution in [3.63, 3.8) is 0 Å². The predicted octanol–water partition coefficient (Wildman–Crippen LogP) is 2.74. The highest BCUT2D eigenvalue weighted by atomic mass is 32.2. The van der Waals surface area contributed by atoms with Crippen LogP contribution in [0.1, 0.15) is 5.56 Å². The van der Waals surface area contributed by atoms with Crippen molar-refractivity contribution in [2.45, 2.75) is 5.75 Å². The van der Waals surface area contributed by atoms with Crippen molar-refractivity contribution in [1.82, 2.24) is 4.98 Å². The Morgan fingerprint density at radius 3 is 3.08 bits per heavy atom. The molecule has 0 fully saturated rings. The number of fused-ring (bicyclic) bond motifs is 1. The number of hydrogen-bond donors (Lipinski definition) is 2. The molecule has 2 nitrogen and oxygen atoms in total. The summed E-state index contributed by atoms with van der Waals surface area (Å²) in [6.45, 7) is 0. The van der Waals surface area contributed by atoms with Gasteiger partial charge >= 0.3 is 0 Å².